The molecule has 1 fully saturated rings. The number of carbonyl (C=O) groups excluding carboxylic acids is 1. The molecule has 4 aromatic rings. The molecule has 6 rings (SSSR count). The first-order chi connectivity index (χ1) is 16.2. The van der Waals surface area contributed by atoms with Crippen molar-refractivity contribution >= 4 is 16.9 Å². The third-order valence-electron chi connectivity index (χ3n) is 6.70. The van der Waals surface area contributed by atoms with E-state index >= 15 is 0 Å². The molecular weight excluding hydrogens is 418 g/mol. The van der Waals surface area contributed by atoms with Crippen LogP contribution in [0.5, 0.6) is 0 Å². The van der Waals surface area contributed by atoms with Gasteiger partial charge in [0.05, 0.1) is 29.3 Å². The first-order valence-corrected chi connectivity index (χ1v) is 11.3. The first kappa shape index (κ1) is 19.9. The van der Waals surface area contributed by atoms with E-state index in [1.54, 1.807) is 47.8 Å². The van der Waals surface area contributed by atoms with Gasteiger partial charge in [-0.3, -0.25) is 19.5 Å². The van der Waals surface area contributed by atoms with Crippen LogP contribution >= 0.6 is 0 Å². The van der Waals surface area contributed by atoms with Crippen LogP contribution in [0.25, 0.3) is 11.0 Å². The molecule has 166 valence electrons. The molecule has 0 spiro atoms. The summed E-state index contributed by atoms with van der Waals surface area (Å²) in [6.45, 7) is 2.27. The standard InChI is InChI=1S/C26H23N3O4/c30-24-18-8-1-2-9-20(18)33-25-22(24)23(17-7-5-11-27-15-17)29(26(25)31)16-19(21-10-6-14-32-21)28-12-3-4-13-28/h1-2,5-11,14-15,19,23H,3-4,12-13,16H2/t19-,23-/m0/s1. The van der Waals surface area contributed by atoms with Crippen molar-refractivity contribution in [3.05, 3.63) is 100 Å². The lowest BCUT2D eigenvalue weighted by Crippen LogP contribution is -2.39. The second-order valence-electron chi connectivity index (χ2n) is 8.59. The summed E-state index contributed by atoms with van der Waals surface area (Å²) >= 11 is 0. The highest BCUT2D eigenvalue weighted by atomic mass is 16.3. The maximum atomic E-state index is 13.7. The number of nitrogens with zero attached hydrogens (tertiary/aromatic N) is 3. The van der Waals surface area contributed by atoms with E-state index in [0.717, 1.165) is 37.3 Å². The molecule has 0 unspecified atom stereocenters. The van der Waals surface area contributed by atoms with Crippen molar-refractivity contribution < 1.29 is 13.6 Å². The quantitative estimate of drug-likeness (QED) is 0.463. The van der Waals surface area contributed by atoms with Gasteiger partial charge in [-0.25, -0.2) is 0 Å². The van der Waals surface area contributed by atoms with Crippen LogP contribution in [0.1, 0.15) is 52.4 Å². The molecule has 1 aromatic carbocycles. The Morgan fingerprint density at radius 2 is 1.88 bits per heavy atom. The van der Waals surface area contributed by atoms with E-state index in [1.165, 1.54) is 0 Å². The van der Waals surface area contributed by atoms with E-state index in [0.29, 0.717) is 23.1 Å². The van der Waals surface area contributed by atoms with E-state index in [1.807, 2.05) is 24.3 Å². The number of benzene rings is 1. The molecule has 2 atom stereocenters. The zero-order chi connectivity index (χ0) is 22.4. The topological polar surface area (TPSA) is 79.8 Å². The second kappa shape index (κ2) is 8.01. The Balaban J connectivity index is 1.50. The normalized spacial score (nSPS) is 19.3. The van der Waals surface area contributed by atoms with E-state index in [9.17, 15) is 9.59 Å². The Hall–Kier alpha value is -3.71. The summed E-state index contributed by atoms with van der Waals surface area (Å²) < 4.78 is 11.8. The number of para-hydroxylation sites is 1. The molecular formula is C26H23N3O4. The van der Waals surface area contributed by atoms with Gasteiger partial charge in [0.25, 0.3) is 5.91 Å². The van der Waals surface area contributed by atoms with E-state index in [-0.39, 0.29) is 23.1 Å². The number of hydrogen-bond acceptors (Lipinski definition) is 6. The highest BCUT2D eigenvalue weighted by Crippen LogP contribution is 2.40. The fraction of sp³-hybridized carbons (Fsp3) is 0.269. The molecule has 0 radical (unpaired) electrons. The van der Waals surface area contributed by atoms with Gasteiger partial charge in [0.2, 0.25) is 5.76 Å². The fourth-order valence-corrected chi connectivity index (χ4v) is 5.15. The number of amides is 1. The van der Waals surface area contributed by atoms with Crippen molar-refractivity contribution in [3.63, 3.8) is 0 Å². The summed E-state index contributed by atoms with van der Waals surface area (Å²) in [6, 6.07) is 13.9. The maximum Gasteiger partial charge on any atom is 0.290 e. The van der Waals surface area contributed by atoms with Gasteiger partial charge in [-0.2, -0.15) is 0 Å². The van der Waals surface area contributed by atoms with Crippen molar-refractivity contribution in [1.29, 1.82) is 0 Å². The summed E-state index contributed by atoms with van der Waals surface area (Å²) in [4.78, 5) is 35.7. The van der Waals surface area contributed by atoms with Gasteiger partial charge in [-0.05, 0) is 61.8 Å². The first-order valence-electron chi connectivity index (χ1n) is 11.3. The molecule has 33 heavy (non-hydrogen) atoms. The molecule has 1 saturated heterocycles. The maximum absolute atomic E-state index is 13.7. The summed E-state index contributed by atoms with van der Waals surface area (Å²) in [5, 5.41) is 0.474. The van der Waals surface area contributed by atoms with Crippen molar-refractivity contribution in [2.45, 2.75) is 24.9 Å². The van der Waals surface area contributed by atoms with Crippen LogP contribution in [-0.2, 0) is 0 Å². The Labute approximate surface area is 190 Å². The Morgan fingerprint density at radius 1 is 1.03 bits per heavy atom. The Morgan fingerprint density at radius 3 is 2.64 bits per heavy atom. The van der Waals surface area contributed by atoms with Crippen molar-refractivity contribution in [1.82, 2.24) is 14.8 Å². The summed E-state index contributed by atoms with van der Waals surface area (Å²) in [5.41, 5.74) is 1.41. The number of carbonyl (C=O) groups is 1. The van der Waals surface area contributed by atoms with E-state index in [2.05, 4.69) is 9.88 Å². The minimum Gasteiger partial charge on any atom is -0.468 e. The van der Waals surface area contributed by atoms with Crippen LogP contribution in [0.4, 0.5) is 0 Å². The van der Waals surface area contributed by atoms with Gasteiger partial charge >= 0.3 is 0 Å². The van der Waals surface area contributed by atoms with Gasteiger partial charge in [0, 0.05) is 18.9 Å². The van der Waals surface area contributed by atoms with Crippen LogP contribution in [0.3, 0.4) is 0 Å². The monoisotopic (exact) mass is 441 g/mol. The van der Waals surface area contributed by atoms with Crippen molar-refractivity contribution in [2.24, 2.45) is 0 Å². The molecule has 3 aromatic heterocycles. The number of hydrogen-bond donors (Lipinski definition) is 0. The van der Waals surface area contributed by atoms with E-state index in [4.69, 9.17) is 8.83 Å². The number of pyridine rings is 1. The molecule has 7 heteroatoms. The second-order valence-corrected chi connectivity index (χ2v) is 8.59. The average molecular weight is 441 g/mol. The minimum absolute atomic E-state index is 0.107. The third-order valence-corrected chi connectivity index (χ3v) is 6.70. The van der Waals surface area contributed by atoms with Gasteiger partial charge in [-0.1, -0.05) is 18.2 Å². The lowest BCUT2D eigenvalue weighted by molar-refractivity contribution is 0.0643. The molecule has 0 saturated carbocycles. The number of aromatic nitrogens is 1. The predicted octanol–water partition coefficient (Wildman–Crippen LogP) is 4.16. The number of furan rings is 1. The number of rotatable bonds is 5. The smallest absolute Gasteiger partial charge is 0.290 e. The van der Waals surface area contributed by atoms with Crippen LogP contribution in [0.2, 0.25) is 0 Å². The fourth-order valence-electron chi connectivity index (χ4n) is 5.15. The molecule has 2 aliphatic rings. The molecule has 2 aliphatic heterocycles. The van der Waals surface area contributed by atoms with Crippen LogP contribution < -0.4 is 5.43 Å². The molecule has 1 amide bonds. The van der Waals surface area contributed by atoms with Crippen molar-refractivity contribution in [2.75, 3.05) is 19.6 Å². The zero-order valence-electron chi connectivity index (χ0n) is 18.0. The van der Waals surface area contributed by atoms with Gasteiger partial charge in [-0.15, -0.1) is 0 Å². The highest BCUT2D eigenvalue weighted by Gasteiger charge is 2.44. The summed E-state index contributed by atoms with van der Waals surface area (Å²) in [6.07, 6.45) is 7.29. The summed E-state index contributed by atoms with van der Waals surface area (Å²) in [5.74, 6) is 0.652. The lowest BCUT2D eigenvalue weighted by Gasteiger charge is -2.33. The number of fused-ring (bicyclic) bond motifs is 2. The molecule has 0 bridgehead atoms. The molecule has 0 aliphatic carbocycles. The van der Waals surface area contributed by atoms with Gasteiger partial charge in [0.15, 0.2) is 5.43 Å². The molecule has 5 heterocycles. The SMILES string of the molecule is O=C1c2oc3ccccc3c(=O)c2[C@H](c2cccnc2)N1C[C@@H](c1ccco1)N1CCCC1. The average Bonchev–Trinajstić information content (AvgIpc) is 3.61. The van der Waals surface area contributed by atoms with Crippen LogP contribution in [0, 0.1) is 0 Å². The largest absolute Gasteiger partial charge is 0.468 e. The highest BCUT2D eigenvalue weighted by molar-refractivity contribution is 5.99. The number of likely N-dealkylation sites (tertiary alicyclic amines) is 1. The lowest BCUT2D eigenvalue weighted by atomic mass is 9.99. The third kappa shape index (κ3) is 3.27. The minimum atomic E-state index is -0.567. The van der Waals surface area contributed by atoms with Crippen molar-refractivity contribution in [3.8, 4) is 0 Å². The molecule has 0 N–H and O–H groups in total. The zero-order valence-corrected chi connectivity index (χ0v) is 18.0. The van der Waals surface area contributed by atoms with Crippen LogP contribution in [-0.4, -0.2) is 40.3 Å². The Kier molecular flexibility index (Phi) is 4.84. The van der Waals surface area contributed by atoms with Crippen LogP contribution in [0.15, 0.2) is 80.8 Å². The van der Waals surface area contributed by atoms with E-state index < -0.39 is 6.04 Å². The Bertz CT molecular complexity index is 1360. The van der Waals surface area contributed by atoms with Gasteiger partial charge < -0.3 is 13.7 Å². The molecule has 7 nitrogen and oxygen atoms in total. The van der Waals surface area contributed by atoms with Gasteiger partial charge in [0.1, 0.15) is 11.3 Å². The predicted molar refractivity (Wildman–Crippen MR) is 122 cm³/mol. The summed E-state index contributed by atoms with van der Waals surface area (Å²) in [7, 11) is 0.